The van der Waals surface area contributed by atoms with Crippen molar-refractivity contribution in [3.05, 3.63) is 36.1 Å². The molecule has 2 N–H and O–H groups in total. The fourth-order valence-electron chi connectivity index (χ4n) is 3.05. The van der Waals surface area contributed by atoms with Gasteiger partial charge in [-0.2, -0.15) is 0 Å². The normalized spacial score (nSPS) is 12.5. The van der Waals surface area contributed by atoms with Gasteiger partial charge < -0.3 is 15.1 Å². The summed E-state index contributed by atoms with van der Waals surface area (Å²) in [4.78, 5) is 14.6. The quantitative estimate of drug-likeness (QED) is 0.645. The molecule has 1 aromatic carbocycles. The molecule has 1 aromatic heterocycles. The van der Waals surface area contributed by atoms with Gasteiger partial charge in [0, 0.05) is 18.4 Å². The van der Waals surface area contributed by atoms with Crippen molar-refractivity contribution in [3.63, 3.8) is 0 Å². The molecule has 0 saturated heterocycles. The first-order valence-corrected chi connectivity index (χ1v) is 9.15. The van der Waals surface area contributed by atoms with Crippen LogP contribution >= 0.6 is 0 Å². The lowest BCUT2D eigenvalue weighted by Gasteiger charge is -2.27. The number of para-hydroxylation sites is 1. The summed E-state index contributed by atoms with van der Waals surface area (Å²) in [5.74, 6) is 1.08. The van der Waals surface area contributed by atoms with Crippen molar-refractivity contribution >= 4 is 16.9 Å². The smallest absolute Gasteiger partial charge is 0.223 e. The van der Waals surface area contributed by atoms with Crippen LogP contribution in [0, 0.1) is 0 Å². The van der Waals surface area contributed by atoms with Crippen LogP contribution in [0.2, 0.25) is 0 Å². The number of amides is 1. The number of nitrogens with zero attached hydrogens (tertiary/aromatic N) is 1. The van der Waals surface area contributed by atoms with E-state index in [0.29, 0.717) is 6.42 Å². The molecule has 1 unspecified atom stereocenters. The van der Waals surface area contributed by atoms with Crippen LogP contribution < -0.4 is 5.73 Å². The van der Waals surface area contributed by atoms with E-state index in [4.69, 9.17) is 10.2 Å². The number of hydrogen-bond acceptors (Lipinski definition) is 3. The molecule has 0 aliphatic rings. The van der Waals surface area contributed by atoms with Crippen LogP contribution in [-0.4, -0.2) is 23.9 Å². The lowest BCUT2D eigenvalue weighted by atomic mass is 10.1. The third kappa shape index (κ3) is 4.84. The van der Waals surface area contributed by atoms with Crippen molar-refractivity contribution in [2.45, 2.75) is 58.4 Å². The second-order valence-corrected chi connectivity index (χ2v) is 6.40. The minimum atomic E-state index is -0.0334. The highest BCUT2D eigenvalue weighted by atomic mass is 16.3. The molecule has 4 nitrogen and oxygen atoms in total. The van der Waals surface area contributed by atoms with Crippen LogP contribution in [0.3, 0.4) is 0 Å². The van der Waals surface area contributed by atoms with Gasteiger partial charge in [-0.1, -0.05) is 38.0 Å². The molecule has 0 bridgehead atoms. The molecule has 24 heavy (non-hydrogen) atoms. The third-order valence-corrected chi connectivity index (χ3v) is 4.45. The van der Waals surface area contributed by atoms with Crippen LogP contribution in [0.5, 0.6) is 0 Å². The molecule has 2 rings (SSSR count). The van der Waals surface area contributed by atoms with Gasteiger partial charge in [0.15, 0.2) is 0 Å². The van der Waals surface area contributed by atoms with Crippen LogP contribution in [0.15, 0.2) is 34.7 Å². The topological polar surface area (TPSA) is 59.5 Å². The summed E-state index contributed by atoms with van der Waals surface area (Å²) in [6.07, 6.45) is 5.71. The Kier molecular flexibility index (Phi) is 7.32. The fourth-order valence-corrected chi connectivity index (χ4v) is 3.05. The standard InChI is InChI=1S/C20H30N2O2/c1-3-14-22(20(23)12-6-4-5-9-13-21)16(2)19-15-17-10-7-8-11-18(17)24-19/h7-8,10-11,15-16H,3-6,9,12-14,21H2,1-2H3. The number of carbonyl (C=O) groups is 1. The molecule has 1 atom stereocenters. The highest BCUT2D eigenvalue weighted by Crippen LogP contribution is 2.28. The van der Waals surface area contributed by atoms with Gasteiger partial charge in [-0.05, 0) is 44.9 Å². The van der Waals surface area contributed by atoms with Crippen LogP contribution in [0.1, 0.15) is 64.2 Å². The molecule has 0 spiro atoms. The largest absolute Gasteiger partial charge is 0.459 e. The molecule has 1 amide bonds. The summed E-state index contributed by atoms with van der Waals surface area (Å²) >= 11 is 0. The van der Waals surface area contributed by atoms with Gasteiger partial charge in [0.1, 0.15) is 11.3 Å². The van der Waals surface area contributed by atoms with Crippen molar-refractivity contribution in [1.29, 1.82) is 0 Å². The van der Waals surface area contributed by atoms with Crippen LogP contribution in [0.25, 0.3) is 11.0 Å². The molecule has 0 radical (unpaired) electrons. The van der Waals surface area contributed by atoms with Gasteiger partial charge in [-0.15, -0.1) is 0 Å². The first-order chi connectivity index (χ1) is 11.7. The average Bonchev–Trinajstić information content (AvgIpc) is 3.03. The molecule has 2 aromatic rings. The van der Waals surface area contributed by atoms with E-state index in [1.54, 1.807) is 0 Å². The molecule has 132 valence electrons. The van der Waals surface area contributed by atoms with E-state index in [-0.39, 0.29) is 11.9 Å². The maximum atomic E-state index is 12.7. The summed E-state index contributed by atoms with van der Waals surface area (Å²) in [6, 6.07) is 10.00. The Bertz CT molecular complexity index is 602. The average molecular weight is 330 g/mol. The third-order valence-electron chi connectivity index (χ3n) is 4.45. The Morgan fingerprint density at radius 3 is 2.67 bits per heavy atom. The van der Waals surface area contributed by atoms with E-state index >= 15 is 0 Å². The summed E-state index contributed by atoms with van der Waals surface area (Å²) in [5, 5.41) is 1.09. The second kappa shape index (κ2) is 9.48. The highest BCUT2D eigenvalue weighted by Gasteiger charge is 2.23. The summed E-state index contributed by atoms with van der Waals surface area (Å²) in [5.41, 5.74) is 6.39. The molecule has 4 heteroatoms. The number of rotatable bonds is 10. The molecular formula is C20H30N2O2. The maximum absolute atomic E-state index is 12.7. The Morgan fingerprint density at radius 1 is 1.21 bits per heavy atom. The van der Waals surface area contributed by atoms with E-state index in [0.717, 1.165) is 61.9 Å². The van der Waals surface area contributed by atoms with Crippen molar-refractivity contribution < 1.29 is 9.21 Å². The SMILES string of the molecule is CCCN(C(=O)CCCCCCN)C(C)c1cc2ccccc2o1. The predicted molar refractivity (Wildman–Crippen MR) is 98.8 cm³/mol. The van der Waals surface area contributed by atoms with E-state index in [1.807, 2.05) is 29.2 Å². The first kappa shape index (κ1) is 18.5. The number of unbranched alkanes of at least 4 members (excludes halogenated alkanes) is 3. The van der Waals surface area contributed by atoms with Crippen LogP contribution in [-0.2, 0) is 4.79 Å². The van der Waals surface area contributed by atoms with Crippen molar-refractivity contribution in [1.82, 2.24) is 4.90 Å². The van der Waals surface area contributed by atoms with E-state index in [1.165, 1.54) is 0 Å². The molecule has 0 aliphatic heterocycles. The van der Waals surface area contributed by atoms with Crippen molar-refractivity contribution in [3.8, 4) is 0 Å². The Hall–Kier alpha value is -1.81. The molecule has 1 heterocycles. The van der Waals surface area contributed by atoms with Gasteiger partial charge in [-0.25, -0.2) is 0 Å². The van der Waals surface area contributed by atoms with E-state index in [9.17, 15) is 4.79 Å². The summed E-state index contributed by atoms with van der Waals surface area (Å²) < 4.78 is 5.96. The first-order valence-electron chi connectivity index (χ1n) is 9.15. The number of furan rings is 1. The second-order valence-electron chi connectivity index (χ2n) is 6.40. The van der Waals surface area contributed by atoms with E-state index < -0.39 is 0 Å². The van der Waals surface area contributed by atoms with Gasteiger partial charge in [0.2, 0.25) is 5.91 Å². The zero-order valence-electron chi connectivity index (χ0n) is 15.0. The maximum Gasteiger partial charge on any atom is 0.223 e. The molecular weight excluding hydrogens is 300 g/mol. The zero-order valence-corrected chi connectivity index (χ0v) is 15.0. The minimum Gasteiger partial charge on any atom is -0.459 e. The number of nitrogens with two attached hydrogens (primary N) is 1. The summed E-state index contributed by atoms with van der Waals surface area (Å²) in [7, 11) is 0. The van der Waals surface area contributed by atoms with Gasteiger partial charge in [0.25, 0.3) is 0 Å². The van der Waals surface area contributed by atoms with Gasteiger partial charge >= 0.3 is 0 Å². The summed E-state index contributed by atoms with van der Waals surface area (Å²) in [6.45, 7) is 5.66. The number of fused-ring (bicyclic) bond motifs is 1. The molecule has 0 saturated carbocycles. The molecule has 0 aliphatic carbocycles. The number of hydrogen-bond donors (Lipinski definition) is 1. The van der Waals surface area contributed by atoms with Crippen molar-refractivity contribution in [2.24, 2.45) is 5.73 Å². The lowest BCUT2D eigenvalue weighted by Crippen LogP contribution is -2.34. The van der Waals surface area contributed by atoms with E-state index in [2.05, 4.69) is 19.9 Å². The fraction of sp³-hybridized carbons (Fsp3) is 0.550. The van der Waals surface area contributed by atoms with Gasteiger partial charge in [0.05, 0.1) is 6.04 Å². The number of benzene rings is 1. The van der Waals surface area contributed by atoms with Gasteiger partial charge in [-0.3, -0.25) is 4.79 Å². The Labute approximate surface area is 145 Å². The Balaban J connectivity index is 2.00. The number of carbonyl (C=O) groups excluding carboxylic acids is 1. The molecule has 0 fully saturated rings. The lowest BCUT2D eigenvalue weighted by molar-refractivity contribution is -0.133. The van der Waals surface area contributed by atoms with Crippen molar-refractivity contribution in [2.75, 3.05) is 13.1 Å². The van der Waals surface area contributed by atoms with Crippen LogP contribution in [0.4, 0.5) is 0 Å². The highest BCUT2D eigenvalue weighted by molar-refractivity contribution is 5.79. The predicted octanol–water partition coefficient (Wildman–Crippen LogP) is 4.64. The zero-order chi connectivity index (χ0) is 17.4. The monoisotopic (exact) mass is 330 g/mol. The minimum absolute atomic E-state index is 0.0334. The Morgan fingerprint density at radius 2 is 1.96 bits per heavy atom.